The van der Waals surface area contributed by atoms with Crippen molar-refractivity contribution in [2.45, 2.75) is 33.2 Å². The molecule has 0 fully saturated rings. The van der Waals surface area contributed by atoms with E-state index < -0.39 is 5.97 Å². The maximum absolute atomic E-state index is 10.9. The highest BCUT2D eigenvalue weighted by Gasteiger charge is 2.10. The summed E-state index contributed by atoms with van der Waals surface area (Å²) in [7, 11) is 0. The van der Waals surface area contributed by atoms with Gasteiger partial charge in [0.1, 0.15) is 0 Å². The molecule has 1 aromatic rings. The second-order valence-corrected chi connectivity index (χ2v) is 4.78. The number of aromatic carboxylic acids is 1. The summed E-state index contributed by atoms with van der Waals surface area (Å²) in [6.07, 6.45) is 1.01. The Kier molecular flexibility index (Phi) is 4.37. The highest BCUT2D eigenvalue weighted by Crippen LogP contribution is 2.22. The molecule has 1 atom stereocenters. The molecule has 4 heteroatoms. The molecule has 0 spiro atoms. The van der Waals surface area contributed by atoms with Gasteiger partial charge in [-0.25, -0.2) is 4.79 Å². The number of nitrogens with one attached hydrogen (secondary N) is 1. The third kappa shape index (κ3) is 3.98. The summed E-state index contributed by atoms with van der Waals surface area (Å²) in [5, 5.41) is 12.2. The summed E-state index contributed by atoms with van der Waals surface area (Å²) in [6, 6.07) is 4.97. The number of anilines is 2. The first-order valence-corrected chi connectivity index (χ1v) is 5.79. The molecule has 0 saturated heterocycles. The molecule has 1 aromatic carbocycles. The number of nitrogen functional groups attached to an aromatic ring is 1. The summed E-state index contributed by atoms with van der Waals surface area (Å²) < 4.78 is 0. The first-order valence-electron chi connectivity index (χ1n) is 5.79. The van der Waals surface area contributed by atoms with E-state index in [4.69, 9.17) is 10.8 Å². The molecular weight excluding hydrogens is 216 g/mol. The largest absolute Gasteiger partial charge is 0.478 e. The number of rotatable bonds is 5. The molecule has 0 saturated carbocycles. The monoisotopic (exact) mass is 236 g/mol. The quantitative estimate of drug-likeness (QED) is 0.687. The van der Waals surface area contributed by atoms with E-state index in [1.54, 1.807) is 12.1 Å². The van der Waals surface area contributed by atoms with Crippen molar-refractivity contribution < 1.29 is 9.90 Å². The van der Waals surface area contributed by atoms with Crippen LogP contribution in [0.1, 0.15) is 37.6 Å². The van der Waals surface area contributed by atoms with Crippen molar-refractivity contribution in [3.63, 3.8) is 0 Å². The van der Waals surface area contributed by atoms with Gasteiger partial charge in [0, 0.05) is 6.04 Å². The first-order chi connectivity index (χ1) is 7.90. The molecule has 1 unspecified atom stereocenters. The lowest BCUT2D eigenvalue weighted by Gasteiger charge is -2.18. The van der Waals surface area contributed by atoms with Crippen molar-refractivity contribution in [1.29, 1.82) is 0 Å². The van der Waals surface area contributed by atoms with Gasteiger partial charge in [0.05, 0.1) is 16.9 Å². The van der Waals surface area contributed by atoms with E-state index in [1.807, 2.05) is 0 Å². The van der Waals surface area contributed by atoms with Gasteiger partial charge in [-0.2, -0.15) is 0 Å². The van der Waals surface area contributed by atoms with Gasteiger partial charge in [0.15, 0.2) is 0 Å². The van der Waals surface area contributed by atoms with Crippen LogP contribution in [0.25, 0.3) is 0 Å². The average Bonchev–Trinajstić information content (AvgIpc) is 2.19. The molecule has 0 aliphatic rings. The molecule has 0 heterocycles. The Morgan fingerprint density at radius 1 is 1.41 bits per heavy atom. The van der Waals surface area contributed by atoms with Crippen LogP contribution in [-0.2, 0) is 0 Å². The molecule has 0 aliphatic carbocycles. The van der Waals surface area contributed by atoms with E-state index in [9.17, 15) is 4.79 Å². The summed E-state index contributed by atoms with van der Waals surface area (Å²) in [4.78, 5) is 10.9. The minimum absolute atomic E-state index is 0.249. The smallest absolute Gasteiger partial charge is 0.335 e. The van der Waals surface area contributed by atoms with Gasteiger partial charge in [-0.1, -0.05) is 13.8 Å². The van der Waals surface area contributed by atoms with Crippen LogP contribution in [0.5, 0.6) is 0 Å². The van der Waals surface area contributed by atoms with Gasteiger partial charge in [-0.05, 0) is 37.5 Å². The zero-order valence-electron chi connectivity index (χ0n) is 10.5. The Balaban J connectivity index is 2.82. The Labute approximate surface area is 102 Å². The van der Waals surface area contributed by atoms with Crippen LogP contribution in [0.3, 0.4) is 0 Å². The van der Waals surface area contributed by atoms with E-state index in [-0.39, 0.29) is 11.6 Å². The number of carbonyl (C=O) groups is 1. The van der Waals surface area contributed by atoms with Crippen molar-refractivity contribution in [3.8, 4) is 0 Å². The third-order valence-corrected chi connectivity index (χ3v) is 2.53. The van der Waals surface area contributed by atoms with Crippen LogP contribution in [0.15, 0.2) is 18.2 Å². The fourth-order valence-electron chi connectivity index (χ4n) is 1.85. The first kappa shape index (κ1) is 13.4. The molecule has 17 heavy (non-hydrogen) atoms. The molecule has 4 nitrogen and oxygen atoms in total. The normalized spacial score (nSPS) is 12.5. The fourth-order valence-corrected chi connectivity index (χ4v) is 1.85. The molecule has 1 rings (SSSR count). The number of hydrogen-bond donors (Lipinski definition) is 3. The SMILES string of the molecule is CC(C)CC(C)Nc1cc(C(=O)O)ccc1N. The Hall–Kier alpha value is -1.71. The van der Waals surface area contributed by atoms with Crippen LogP contribution < -0.4 is 11.1 Å². The standard InChI is InChI=1S/C13H20N2O2/c1-8(2)6-9(3)15-12-7-10(13(16)17)4-5-11(12)14/h4-5,7-9,15H,6,14H2,1-3H3,(H,16,17). The van der Waals surface area contributed by atoms with Crippen molar-refractivity contribution in [1.82, 2.24) is 0 Å². The van der Waals surface area contributed by atoms with Gasteiger partial charge in [0.25, 0.3) is 0 Å². The van der Waals surface area contributed by atoms with E-state index in [0.29, 0.717) is 17.3 Å². The van der Waals surface area contributed by atoms with Crippen LogP contribution >= 0.6 is 0 Å². The van der Waals surface area contributed by atoms with Crippen molar-refractivity contribution in [2.24, 2.45) is 5.92 Å². The lowest BCUT2D eigenvalue weighted by molar-refractivity contribution is 0.0697. The Bertz CT molecular complexity index is 402. The van der Waals surface area contributed by atoms with E-state index in [0.717, 1.165) is 6.42 Å². The van der Waals surface area contributed by atoms with E-state index >= 15 is 0 Å². The number of benzene rings is 1. The zero-order chi connectivity index (χ0) is 13.0. The molecule has 0 bridgehead atoms. The highest BCUT2D eigenvalue weighted by molar-refractivity contribution is 5.90. The maximum Gasteiger partial charge on any atom is 0.335 e. The molecule has 94 valence electrons. The number of nitrogens with two attached hydrogens (primary N) is 1. The summed E-state index contributed by atoms with van der Waals surface area (Å²) in [5.74, 6) is -0.356. The van der Waals surface area contributed by atoms with Crippen LogP contribution in [-0.4, -0.2) is 17.1 Å². The predicted molar refractivity (Wildman–Crippen MR) is 70.4 cm³/mol. The summed E-state index contributed by atoms with van der Waals surface area (Å²) in [6.45, 7) is 6.36. The van der Waals surface area contributed by atoms with Crippen molar-refractivity contribution >= 4 is 17.3 Å². The molecule has 0 amide bonds. The van der Waals surface area contributed by atoms with Gasteiger partial charge in [0.2, 0.25) is 0 Å². The average molecular weight is 236 g/mol. The number of carboxylic acid groups (broad SMARTS) is 1. The lowest BCUT2D eigenvalue weighted by atomic mass is 10.0. The van der Waals surface area contributed by atoms with Crippen molar-refractivity contribution in [3.05, 3.63) is 23.8 Å². The summed E-state index contributed by atoms with van der Waals surface area (Å²) in [5.41, 5.74) is 7.33. The van der Waals surface area contributed by atoms with Crippen LogP contribution in [0.2, 0.25) is 0 Å². The molecule has 0 aromatic heterocycles. The van der Waals surface area contributed by atoms with Crippen molar-refractivity contribution in [2.75, 3.05) is 11.1 Å². The van der Waals surface area contributed by atoms with Gasteiger partial charge in [-0.3, -0.25) is 0 Å². The second-order valence-electron chi connectivity index (χ2n) is 4.78. The highest BCUT2D eigenvalue weighted by atomic mass is 16.4. The number of carboxylic acids is 1. The maximum atomic E-state index is 10.9. The fraction of sp³-hybridized carbons (Fsp3) is 0.462. The van der Waals surface area contributed by atoms with Gasteiger partial charge >= 0.3 is 5.97 Å². The topological polar surface area (TPSA) is 75.3 Å². The number of hydrogen-bond acceptors (Lipinski definition) is 3. The minimum atomic E-state index is -0.940. The zero-order valence-corrected chi connectivity index (χ0v) is 10.5. The Morgan fingerprint density at radius 2 is 2.06 bits per heavy atom. The molecule has 4 N–H and O–H groups in total. The lowest BCUT2D eigenvalue weighted by Crippen LogP contribution is -2.18. The van der Waals surface area contributed by atoms with Crippen LogP contribution in [0.4, 0.5) is 11.4 Å². The molecular formula is C13H20N2O2. The van der Waals surface area contributed by atoms with E-state index in [2.05, 4.69) is 26.1 Å². The van der Waals surface area contributed by atoms with Gasteiger partial charge < -0.3 is 16.2 Å². The van der Waals surface area contributed by atoms with Crippen LogP contribution in [0, 0.1) is 5.92 Å². The predicted octanol–water partition coefficient (Wildman–Crippen LogP) is 2.81. The molecule has 0 aliphatic heterocycles. The van der Waals surface area contributed by atoms with E-state index in [1.165, 1.54) is 6.07 Å². The minimum Gasteiger partial charge on any atom is -0.478 e. The third-order valence-electron chi connectivity index (χ3n) is 2.53. The molecule has 0 radical (unpaired) electrons. The Morgan fingerprint density at radius 3 is 2.59 bits per heavy atom. The second kappa shape index (κ2) is 5.57. The van der Waals surface area contributed by atoms with Gasteiger partial charge in [-0.15, -0.1) is 0 Å². The summed E-state index contributed by atoms with van der Waals surface area (Å²) >= 11 is 0.